The molecule has 6 atom stereocenters. The van der Waals surface area contributed by atoms with Crippen LogP contribution in [0, 0.1) is 11.3 Å². The first-order valence-electron chi connectivity index (χ1n) is 22.2. The molecular formula is C48H60N8O8. The van der Waals surface area contributed by atoms with E-state index < -0.39 is 47.2 Å². The molecule has 16 nitrogen and oxygen atoms in total. The van der Waals surface area contributed by atoms with Gasteiger partial charge in [0, 0.05) is 68.8 Å². The molecular weight excluding hydrogens is 817 g/mol. The molecule has 64 heavy (non-hydrogen) atoms. The Bertz CT molecular complexity index is 2500. The molecule has 0 spiro atoms. The Balaban J connectivity index is 1.20. The van der Waals surface area contributed by atoms with Crippen molar-refractivity contribution in [2.75, 3.05) is 47.4 Å². The molecule has 1 unspecified atom stereocenters. The molecule has 4 aliphatic heterocycles. The molecule has 8 rings (SSSR count). The summed E-state index contributed by atoms with van der Waals surface area (Å²) in [4.78, 5) is 76.5. The van der Waals surface area contributed by atoms with Gasteiger partial charge in [0.05, 0.1) is 36.6 Å². The maximum absolute atomic E-state index is 14.6. The minimum atomic E-state index is -1.17. The number of aromatic nitrogens is 2. The number of methoxy groups -OCH3 is 1. The highest BCUT2D eigenvalue weighted by atomic mass is 16.5. The molecule has 4 N–H and O–H groups in total. The second kappa shape index (κ2) is 17.6. The zero-order chi connectivity index (χ0) is 45.8. The quantitative estimate of drug-likeness (QED) is 0.148. The SMILES string of the molecule is CO[C@@H]1c2ncccc2-c2c3c4cc(ccc4n2C1C)-c1cc(O)cc(c1)C[C@H](NC(=O)[C@H](C(C)C)N(C)C(=O)CN(C)C(=O)[C@H]1CN1)C(=O)N1CCC[C@H](N1)C(=O)OCC(C)(C)C3. The Kier molecular flexibility index (Phi) is 12.3. The van der Waals surface area contributed by atoms with Crippen LogP contribution in [0.25, 0.3) is 33.3 Å². The number of carbonyl (C=O) groups is 5. The van der Waals surface area contributed by atoms with Crippen LogP contribution in [0.3, 0.4) is 0 Å². The predicted molar refractivity (Wildman–Crippen MR) is 240 cm³/mol. The lowest BCUT2D eigenvalue weighted by molar-refractivity contribution is -0.155. The summed E-state index contributed by atoms with van der Waals surface area (Å²) in [5, 5.41) is 19.6. The number of ether oxygens (including phenoxy) is 2. The molecule has 340 valence electrons. The minimum absolute atomic E-state index is 0.0158. The number of hydrogen-bond acceptors (Lipinski definition) is 11. The van der Waals surface area contributed by atoms with Crippen molar-refractivity contribution in [1.82, 2.24) is 40.4 Å². The number of esters is 1. The third kappa shape index (κ3) is 8.70. The number of hydrogen-bond donors (Lipinski definition) is 4. The molecule has 0 saturated carbocycles. The smallest absolute Gasteiger partial charge is 0.324 e. The van der Waals surface area contributed by atoms with Crippen LogP contribution < -0.4 is 16.1 Å². The van der Waals surface area contributed by atoms with Gasteiger partial charge < -0.3 is 39.6 Å². The lowest BCUT2D eigenvalue weighted by Crippen LogP contribution is -2.62. The molecule has 0 aliphatic carbocycles. The highest BCUT2D eigenvalue weighted by Crippen LogP contribution is 2.49. The van der Waals surface area contributed by atoms with Crippen molar-refractivity contribution in [3.63, 3.8) is 0 Å². The maximum atomic E-state index is 14.6. The van der Waals surface area contributed by atoms with E-state index in [9.17, 15) is 29.1 Å². The van der Waals surface area contributed by atoms with Crippen LogP contribution in [-0.2, 0) is 46.3 Å². The van der Waals surface area contributed by atoms with Gasteiger partial charge >= 0.3 is 5.97 Å². The molecule has 4 aliphatic rings. The first-order chi connectivity index (χ1) is 30.5. The number of likely N-dealkylation sites (N-methyl/N-ethyl adjacent to an activating group) is 2. The molecule has 2 fully saturated rings. The van der Waals surface area contributed by atoms with Crippen molar-refractivity contribution in [3.05, 3.63) is 71.5 Å². The fraction of sp³-hybridized carbons (Fsp3) is 0.500. The van der Waals surface area contributed by atoms with E-state index in [-0.39, 0.29) is 61.9 Å². The van der Waals surface area contributed by atoms with E-state index in [4.69, 9.17) is 14.5 Å². The number of nitrogens with one attached hydrogen (secondary N) is 3. The highest BCUT2D eigenvalue weighted by Gasteiger charge is 2.40. The lowest BCUT2D eigenvalue weighted by atomic mass is 9.83. The van der Waals surface area contributed by atoms with Crippen molar-refractivity contribution in [3.8, 4) is 28.1 Å². The molecule has 6 heterocycles. The molecule has 0 radical (unpaired) electrons. The number of benzene rings is 2. The van der Waals surface area contributed by atoms with Crippen LogP contribution >= 0.6 is 0 Å². The second-order valence-corrected chi connectivity index (χ2v) is 19.0. The summed E-state index contributed by atoms with van der Waals surface area (Å²) >= 11 is 0. The van der Waals surface area contributed by atoms with E-state index in [2.05, 4.69) is 59.6 Å². The average Bonchev–Trinajstić information content (AvgIpc) is 4.07. The summed E-state index contributed by atoms with van der Waals surface area (Å²) in [6.45, 7) is 10.6. The number of nitrogens with zero attached hydrogens (tertiary/aromatic N) is 5. The van der Waals surface area contributed by atoms with Crippen molar-refractivity contribution in [2.45, 2.75) is 96.6 Å². The zero-order valence-electron chi connectivity index (χ0n) is 37.9. The number of carbonyl (C=O) groups excluding carboxylic acids is 5. The summed E-state index contributed by atoms with van der Waals surface area (Å²) in [5.74, 6) is -2.55. The fourth-order valence-corrected chi connectivity index (χ4v) is 9.80. The molecule has 2 aromatic heterocycles. The van der Waals surface area contributed by atoms with Gasteiger partial charge in [-0.2, -0.15) is 0 Å². The number of fused-ring (bicyclic) bond motifs is 11. The van der Waals surface area contributed by atoms with Crippen molar-refractivity contribution in [1.29, 1.82) is 0 Å². The monoisotopic (exact) mass is 876 g/mol. The fourth-order valence-electron chi connectivity index (χ4n) is 9.80. The molecule has 4 amide bonds. The topological polar surface area (TPSA) is 198 Å². The number of pyridine rings is 1. The Morgan fingerprint density at radius 2 is 1.86 bits per heavy atom. The van der Waals surface area contributed by atoms with Gasteiger partial charge in [0.15, 0.2) is 0 Å². The van der Waals surface area contributed by atoms with E-state index in [1.54, 1.807) is 32.5 Å². The molecule has 6 bridgehead atoms. The van der Waals surface area contributed by atoms with E-state index in [0.29, 0.717) is 36.9 Å². The third-order valence-electron chi connectivity index (χ3n) is 13.1. The van der Waals surface area contributed by atoms with Gasteiger partial charge in [-0.05, 0) is 90.8 Å². The summed E-state index contributed by atoms with van der Waals surface area (Å²) in [5.41, 5.74) is 9.64. The largest absolute Gasteiger partial charge is 0.508 e. The summed E-state index contributed by atoms with van der Waals surface area (Å²) in [6.07, 6.45) is 2.98. The first kappa shape index (κ1) is 44.8. The Morgan fingerprint density at radius 3 is 2.58 bits per heavy atom. The number of cyclic esters (lactones) is 1. The van der Waals surface area contributed by atoms with Crippen LogP contribution in [0.4, 0.5) is 0 Å². The number of amides is 4. The summed E-state index contributed by atoms with van der Waals surface area (Å²) in [7, 11) is 4.78. The van der Waals surface area contributed by atoms with E-state index in [1.807, 2.05) is 32.0 Å². The average molecular weight is 877 g/mol. The van der Waals surface area contributed by atoms with Gasteiger partial charge in [-0.25, -0.2) is 5.43 Å². The lowest BCUT2D eigenvalue weighted by Gasteiger charge is -2.37. The van der Waals surface area contributed by atoms with Crippen molar-refractivity contribution in [2.24, 2.45) is 11.3 Å². The molecule has 16 heteroatoms. The zero-order valence-corrected chi connectivity index (χ0v) is 37.9. The second-order valence-electron chi connectivity index (χ2n) is 19.0. The normalized spacial score (nSPS) is 23.3. The number of rotatable bonds is 8. The van der Waals surface area contributed by atoms with Gasteiger partial charge in [0.25, 0.3) is 5.91 Å². The molecule has 2 saturated heterocycles. The highest BCUT2D eigenvalue weighted by molar-refractivity contribution is 5.97. The Labute approximate surface area is 373 Å². The van der Waals surface area contributed by atoms with Gasteiger partial charge in [0.2, 0.25) is 17.7 Å². The Morgan fingerprint density at radius 1 is 1.09 bits per heavy atom. The van der Waals surface area contributed by atoms with Gasteiger partial charge in [-0.3, -0.25) is 34.0 Å². The van der Waals surface area contributed by atoms with Gasteiger partial charge in [-0.15, -0.1) is 0 Å². The van der Waals surface area contributed by atoms with E-state index >= 15 is 0 Å². The number of phenols is 1. The minimum Gasteiger partial charge on any atom is -0.508 e. The number of hydrazine groups is 1. The molecule has 4 aromatic rings. The summed E-state index contributed by atoms with van der Waals surface area (Å²) < 4.78 is 14.5. The maximum Gasteiger partial charge on any atom is 0.324 e. The number of phenolic OH excluding ortho intramolecular Hbond substituents is 1. The van der Waals surface area contributed by atoms with Crippen LogP contribution in [0.2, 0.25) is 0 Å². The summed E-state index contributed by atoms with van der Waals surface area (Å²) in [6, 6.07) is 12.0. The van der Waals surface area contributed by atoms with Gasteiger partial charge in [0.1, 0.15) is 30.0 Å². The predicted octanol–water partition coefficient (Wildman–Crippen LogP) is 3.90. The van der Waals surface area contributed by atoms with Gasteiger partial charge in [-0.1, -0.05) is 39.8 Å². The Hall–Kier alpha value is -5.84. The first-order valence-corrected chi connectivity index (χ1v) is 22.2. The van der Waals surface area contributed by atoms with Crippen LogP contribution in [0.1, 0.15) is 76.4 Å². The third-order valence-corrected chi connectivity index (χ3v) is 13.1. The van der Waals surface area contributed by atoms with Crippen LogP contribution in [0.5, 0.6) is 5.75 Å². The van der Waals surface area contributed by atoms with Crippen molar-refractivity contribution < 1.29 is 38.6 Å². The molecule has 2 aromatic carbocycles. The van der Waals surface area contributed by atoms with E-state index in [1.165, 1.54) is 21.9 Å². The number of aromatic hydroxyl groups is 1. The van der Waals surface area contributed by atoms with Crippen LogP contribution in [0.15, 0.2) is 54.7 Å². The van der Waals surface area contributed by atoms with E-state index in [0.717, 1.165) is 39.0 Å². The van der Waals surface area contributed by atoms with Crippen molar-refractivity contribution >= 4 is 40.5 Å². The van der Waals surface area contributed by atoms with Crippen LogP contribution in [-0.4, -0.2) is 131 Å². The standard InChI is InChI=1S/C48H60N8O8/c1-26(2)41(54(7)39(58)24-53(6)45(60)37-23-50-37)44(59)51-36-19-28-17-30(20-31(57)18-28)29-13-14-38-33(21-29)34(42-32-11-9-15-49-40(32)43(63-8)27(3)56(38)42)22-48(4,5)25-64-47(62)35-12-10-16-55(52-35)46(36)61/h9,11,13-15,17-18,20-21,26-27,35-37,41,43,50,52,57H,10,12,16,19,22-25H2,1-8H3,(H,51,59)/t27?,35-,36-,37+,41-,43-/m0/s1.